The van der Waals surface area contributed by atoms with Crippen LogP contribution in [0.3, 0.4) is 0 Å². The zero-order valence-corrected chi connectivity index (χ0v) is 11.8. The Balaban J connectivity index is 2.08. The number of amides is 2. The van der Waals surface area contributed by atoms with E-state index in [1.165, 1.54) is 4.90 Å². The fraction of sp³-hybridized carbons (Fsp3) is 0.467. The number of aryl methyl sites for hydroxylation is 1. The van der Waals surface area contributed by atoms with E-state index in [0.717, 1.165) is 30.5 Å². The van der Waals surface area contributed by atoms with Crippen LogP contribution >= 0.6 is 0 Å². The van der Waals surface area contributed by atoms with Crippen LogP contribution in [-0.4, -0.2) is 29.7 Å². The van der Waals surface area contributed by atoms with E-state index in [4.69, 9.17) is 5.11 Å². The summed E-state index contributed by atoms with van der Waals surface area (Å²) in [6, 6.07) is 7.36. The summed E-state index contributed by atoms with van der Waals surface area (Å²) in [5.41, 5.74) is 1.26. The summed E-state index contributed by atoms with van der Waals surface area (Å²) < 4.78 is 0. The van der Waals surface area contributed by atoms with E-state index in [-0.39, 0.29) is 12.5 Å². The van der Waals surface area contributed by atoms with Crippen molar-refractivity contribution in [2.75, 3.05) is 11.9 Å². The predicted molar refractivity (Wildman–Crippen MR) is 76.9 cm³/mol. The molecule has 1 aromatic carbocycles. The maximum atomic E-state index is 12.3. The van der Waals surface area contributed by atoms with Crippen molar-refractivity contribution in [1.82, 2.24) is 5.32 Å². The fourth-order valence-corrected chi connectivity index (χ4v) is 2.60. The fourth-order valence-electron chi connectivity index (χ4n) is 2.60. The molecule has 0 radical (unpaired) electrons. The molecule has 0 saturated heterocycles. The molecular weight excluding hydrogens is 256 g/mol. The van der Waals surface area contributed by atoms with Gasteiger partial charge < -0.3 is 10.4 Å². The molecule has 1 aliphatic carbocycles. The molecule has 2 rings (SSSR count). The smallest absolute Gasteiger partial charge is 0.322 e. The lowest BCUT2D eigenvalue weighted by Gasteiger charge is -2.42. The van der Waals surface area contributed by atoms with Gasteiger partial charge >= 0.3 is 12.0 Å². The third-order valence-electron chi connectivity index (χ3n) is 3.95. The highest BCUT2D eigenvalue weighted by atomic mass is 16.4. The number of aliphatic carboxylic acids is 1. The van der Waals surface area contributed by atoms with Crippen LogP contribution in [0, 0.1) is 6.92 Å². The van der Waals surface area contributed by atoms with Crippen molar-refractivity contribution >= 4 is 17.7 Å². The Hall–Kier alpha value is -2.04. The van der Waals surface area contributed by atoms with Gasteiger partial charge in [0.25, 0.3) is 0 Å². The normalized spacial score (nSPS) is 16.1. The van der Waals surface area contributed by atoms with Gasteiger partial charge in [-0.3, -0.25) is 9.69 Å². The highest BCUT2D eigenvalue weighted by molar-refractivity contribution is 5.93. The summed E-state index contributed by atoms with van der Waals surface area (Å²) >= 11 is 0. The van der Waals surface area contributed by atoms with Gasteiger partial charge in [-0.2, -0.15) is 0 Å². The lowest BCUT2D eigenvalue weighted by atomic mass is 9.74. The van der Waals surface area contributed by atoms with E-state index in [2.05, 4.69) is 5.32 Å². The van der Waals surface area contributed by atoms with Crippen LogP contribution in [-0.2, 0) is 4.79 Å². The second-order valence-corrected chi connectivity index (χ2v) is 5.48. The van der Waals surface area contributed by atoms with Crippen LogP contribution in [0.4, 0.5) is 10.5 Å². The molecule has 0 atom stereocenters. The van der Waals surface area contributed by atoms with Crippen molar-refractivity contribution in [2.45, 2.75) is 38.1 Å². The average molecular weight is 276 g/mol. The van der Waals surface area contributed by atoms with E-state index < -0.39 is 11.5 Å². The molecule has 1 aliphatic rings. The maximum Gasteiger partial charge on any atom is 0.322 e. The summed E-state index contributed by atoms with van der Waals surface area (Å²) in [4.78, 5) is 24.8. The first-order valence-electron chi connectivity index (χ1n) is 6.77. The van der Waals surface area contributed by atoms with Crippen molar-refractivity contribution in [2.24, 2.45) is 0 Å². The zero-order valence-electron chi connectivity index (χ0n) is 11.8. The first-order valence-corrected chi connectivity index (χ1v) is 6.77. The molecule has 1 fully saturated rings. The van der Waals surface area contributed by atoms with Crippen molar-refractivity contribution < 1.29 is 14.7 Å². The van der Waals surface area contributed by atoms with Gasteiger partial charge in [0.2, 0.25) is 0 Å². The van der Waals surface area contributed by atoms with E-state index in [9.17, 15) is 9.59 Å². The Labute approximate surface area is 118 Å². The van der Waals surface area contributed by atoms with Gasteiger partial charge in [-0.15, -0.1) is 0 Å². The number of carboxylic acid groups (broad SMARTS) is 1. The van der Waals surface area contributed by atoms with Crippen molar-refractivity contribution in [1.29, 1.82) is 0 Å². The Morgan fingerprint density at radius 2 is 2.00 bits per heavy atom. The quantitative estimate of drug-likeness (QED) is 0.887. The highest BCUT2D eigenvalue weighted by Crippen LogP contribution is 2.35. The lowest BCUT2D eigenvalue weighted by Crippen LogP contribution is -2.57. The molecule has 5 nitrogen and oxygen atoms in total. The SMILES string of the molecule is Cc1ccccc1N(C)C(=O)NC1(CC(=O)O)CCC1. The highest BCUT2D eigenvalue weighted by Gasteiger charge is 2.41. The van der Waals surface area contributed by atoms with Crippen LogP contribution in [0.25, 0.3) is 0 Å². The van der Waals surface area contributed by atoms with Gasteiger partial charge in [-0.1, -0.05) is 18.2 Å². The summed E-state index contributed by atoms with van der Waals surface area (Å²) in [5.74, 6) is -0.872. The van der Waals surface area contributed by atoms with Crippen molar-refractivity contribution in [3.63, 3.8) is 0 Å². The number of nitrogens with zero attached hydrogens (tertiary/aromatic N) is 1. The Kier molecular flexibility index (Phi) is 3.97. The summed E-state index contributed by atoms with van der Waals surface area (Å²) in [6.45, 7) is 1.94. The number of benzene rings is 1. The number of hydrogen-bond acceptors (Lipinski definition) is 2. The standard InChI is InChI=1S/C15H20N2O3/c1-11-6-3-4-7-12(11)17(2)14(20)16-15(8-5-9-15)10-13(18)19/h3-4,6-7H,5,8-10H2,1-2H3,(H,16,20)(H,18,19). The van der Waals surface area contributed by atoms with Crippen molar-refractivity contribution in [3.8, 4) is 0 Å². The van der Waals surface area contributed by atoms with Crippen LogP contribution < -0.4 is 10.2 Å². The third kappa shape index (κ3) is 2.92. The van der Waals surface area contributed by atoms with Gasteiger partial charge in [0.1, 0.15) is 0 Å². The molecule has 5 heteroatoms. The molecule has 1 saturated carbocycles. The molecule has 0 spiro atoms. The number of rotatable bonds is 4. The molecule has 0 aliphatic heterocycles. The Bertz CT molecular complexity index is 524. The van der Waals surface area contributed by atoms with Gasteiger partial charge in [-0.25, -0.2) is 4.79 Å². The Morgan fingerprint density at radius 1 is 1.35 bits per heavy atom. The first kappa shape index (κ1) is 14.4. The molecule has 0 aromatic heterocycles. The lowest BCUT2D eigenvalue weighted by molar-refractivity contribution is -0.139. The number of anilines is 1. The summed E-state index contributed by atoms with van der Waals surface area (Å²) in [7, 11) is 1.70. The van der Waals surface area contributed by atoms with Crippen LogP contribution in [0.1, 0.15) is 31.2 Å². The first-order chi connectivity index (χ1) is 9.43. The number of urea groups is 1. The average Bonchev–Trinajstić information content (AvgIpc) is 2.35. The monoisotopic (exact) mass is 276 g/mol. The van der Waals surface area contributed by atoms with E-state index >= 15 is 0 Å². The molecule has 2 amide bonds. The van der Waals surface area contributed by atoms with Gasteiger partial charge in [0.05, 0.1) is 12.0 Å². The van der Waals surface area contributed by atoms with E-state index in [1.54, 1.807) is 7.05 Å². The number of nitrogens with one attached hydrogen (secondary N) is 1. The Morgan fingerprint density at radius 3 is 2.50 bits per heavy atom. The van der Waals surface area contributed by atoms with Crippen LogP contribution in [0.2, 0.25) is 0 Å². The van der Waals surface area contributed by atoms with E-state index in [0.29, 0.717) is 0 Å². The minimum absolute atomic E-state index is 0.0135. The molecule has 1 aromatic rings. The zero-order chi connectivity index (χ0) is 14.8. The molecule has 20 heavy (non-hydrogen) atoms. The van der Waals surface area contributed by atoms with Crippen LogP contribution in [0.5, 0.6) is 0 Å². The summed E-state index contributed by atoms with van der Waals surface area (Å²) in [6.07, 6.45) is 2.40. The second-order valence-electron chi connectivity index (χ2n) is 5.48. The molecule has 0 unspecified atom stereocenters. The van der Waals surface area contributed by atoms with Gasteiger partial charge in [-0.05, 0) is 37.8 Å². The maximum absolute atomic E-state index is 12.3. The minimum atomic E-state index is -0.872. The number of carbonyl (C=O) groups is 2. The largest absolute Gasteiger partial charge is 0.481 e. The third-order valence-corrected chi connectivity index (χ3v) is 3.95. The second kappa shape index (κ2) is 5.53. The predicted octanol–water partition coefficient (Wildman–Crippen LogP) is 2.54. The molecule has 0 heterocycles. The molecular formula is C15H20N2O3. The number of carbonyl (C=O) groups excluding carboxylic acids is 1. The van der Waals surface area contributed by atoms with Gasteiger partial charge in [0, 0.05) is 12.7 Å². The van der Waals surface area contributed by atoms with E-state index in [1.807, 2.05) is 31.2 Å². The number of hydrogen-bond donors (Lipinski definition) is 2. The van der Waals surface area contributed by atoms with Crippen LogP contribution in [0.15, 0.2) is 24.3 Å². The number of carboxylic acids is 1. The summed E-state index contributed by atoms with van der Waals surface area (Å²) in [5, 5.41) is 11.9. The molecule has 2 N–H and O–H groups in total. The molecule has 0 bridgehead atoms. The molecule has 108 valence electrons. The minimum Gasteiger partial charge on any atom is -0.481 e. The van der Waals surface area contributed by atoms with Crippen molar-refractivity contribution in [3.05, 3.63) is 29.8 Å². The topological polar surface area (TPSA) is 69.6 Å². The van der Waals surface area contributed by atoms with Gasteiger partial charge in [0.15, 0.2) is 0 Å². The number of para-hydroxylation sites is 1.